The number of hydrogen-bond donors (Lipinski definition) is 2. The van der Waals surface area contributed by atoms with Crippen LogP contribution in [0.15, 0.2) is 12.1 Å². The Morgan fingerprint density at radius 1 is 1.26 bits per heavy atom. The minimum atomic E-state index is -0.991. The standard InChI is InChI=1S/C11H10O4.C5H13OSi2/c1-5-4-8-6(10(12)13)2-3-7(9(5)8)11(14)15;1-4-5-7-6-8(2)3/h2-3,5H,4H2,1H3,(H,12,13)(H,14,15);4-5H2,1-3H3. The van der Waals surface area contributed by atoms with Gasteiger partial charge in [-0.25, -0.2) is 9.59 Å². The minimum absolute atomic E-state index is 0.144. The van der Waals surface area contributed by atoms with Gasteiger partial charge < -0.3 is 14.3 Å². The Hall–Kier alpha value is -1.45. The molecule has 1 aliphatic rings. The lowest BCUT2D eigenvalue weighted by atomic mass is 9.73. The predicted molar refractivity (Wildman–Crippen MR) is 91.9 cm³/mol. The van der Waals surface area contributed by atoms with Gasteiger partial charge in [0.15, 0.2) is 9.04 Å². The van der Waals surface area contributed by atoms with Gasteiger partial charge in [-0.15, -0.1) is 0 Å². The van der Waals surface area contributed by atoms with Gasteiger partial charge in [-0.2, -0.15) is 0 Å². The van der Waals surface area contributed by atoms with Crippen molar-refractivity contribution in [2.45, 2.75) is 51.7 Å². The average Bonchev–Trinajstić information content (AvgIpc) is 2.45. The highest BCUT2D eigenvalue weighted by Gasteiger charge is 2.31. The molecule has 2 N–H and O–H groups in total. The molecule has 0 bridgehead atoms. The van der Waals surface area contributed by atoms with Crippen molar-refractivity contribution in [3.63, 3.8) is 0 Å². The summed E-state index contributed by atoms with van der Waals surface area (Å²) < 4.78 is 5.41. The molecule has 125 valence electrons. The van der Waals surface area contributed by atoms with E-state index in [0.717, 1.165) is 9.76 Å². The van der Waals surface area contributed by atoms with Gasteiger partial charge in [-0.05, 0) is 54.7 Å². The number of carbonyl (C=O) groups is 2. The van der Waals surface area contributed by atoms with Crippen molar-refractivity contribution < 1.29 is 23.9 Å². The lowest BCUT2D eigenvalue weighted by molar-refractivity contribution is 0.0676. The first-order valence-corrected chi connectivity index (χ1v) is 11.1. The molecule has 0 saturated heterocycles. The monoisotopic (exact) mass is 351 g/mol. The number of carboxylic acid groups (broad SMARTS) is 2. The zero-order valence-corrected chi connectivity index (χ0v) is 16.0. The molecular weight excluding hydrogens is 328 g/mol. The first-order chi connectivity index (χ1) is 10.8. The summed E-state index contributed by atoms with van der Waals surface area (Å²) in [6, 6.07) is 3.99. The van der Waals surface area contributed by atoms with E-state index >= 15 is 0 Å². The Morgan fingerprint density at radius 2 is 1.83 bits per heavy atom. The molecule has 7 heteroatoms. The second-order valence-electron chi connectivity index (χ2n) is 5.67. The van der Waals surface area contributed by atoms with E-state index in [1.165, 1.54) is 24.6 Å². The molecule has 23 heavy (non-hydrogen) atoms. The van der Waals surface area contributed by atoms with Crippen LogP contribution in [0.25, 0.3) is 0 Å². The Labute approximate surface area is 141 Å². The molecule has 0 saturated carbocycles. The van der Waals surface area contributed by atoms with Gasteiger partial charge in [0.25, 0.3) is 0 Å². The summed E-state index contributed by atoms with van der Waals surface area (Å²) >= 11 is 0. The Kier molecular flexibility index (Phi) is 7.67. The molecule has 0 aromatic heterocycles. The van der Waals surface area contributed by atoms with Crippen molar-refractivity contribution in [3.05, 3.63) is 34.4 Å². The third kappa shape index (κ3) is 5.30. The smallest absolute Gasteiger partial charge is 0.335 e. The highest BCUT2D eigenvalue weighted by Crippen LogP contribution is 2.39. The van der Waals surface area contributed by atoms with Crippen LogP contribution in [0.4, 0.5) is 0 Å². The summed E-state index contributed by atoms with van der Waals surface area (Å²) in [6.07, 6.45) is 1.91. The third-order valence-electron chi connectivity index (χ3n) is 3.45. The fourth-order valence-electron chi connectivity index (χ4n) is 2.41. The summed E-state index contributed by atoms with van der Waals surface area (Å²) in [5, 5.41) is 17.8. The van der Waals surface area contributed by atoms with E-state index in [1.807, 2.05) is 6.92 Å². The summed E-state index contributed by atoms with van der Waals surface area (Å²) in [6.45, 7) is 8.44. The minimum Gasteiger partial charge on any atom is -0.478 e. The molecule has 3 radical (unpaired) electrons. The van der Waals surface area contributed by atoms with E-state index in [0.29, 0.717) is 17.5 Å². The number of rotatable bonds is 6. The molecule has 1 unspecified atom stereocenters. The van der Waals surface area contributed by atoms with Crippen LogP contribution in [-0.2, 0) is 10.5 Å². The average molecular weight is 352 g/mol. The molecule has 5 nitrogen and oxygen atoms in total. The largest absolute Gasteiger partial charge is 0.478 e. The predicted octanol–water partition coefficient (Wildman–Crippen LogP) is 3.44. The molecule has 0 fully saturated rings. The molecular formula is C16H23O5Si2. The van der Waals surface area contributed by atoms with Crippen molar-refractivity contribution in [2.75, 3.05) is 0 Å². The van der Waals surface area contributed by atoms with Gasteiger partial charge in [0.05, 0.1) is 11.1 Å². The number of hydrogen-bond acceptors (Lipinski definition) is 3. The van der Waals surface area contributed by atoms with E-state index in [1.54, 1.807) is 0 Å². The van der Waals surface area contributed by atoms with E-state index in [-0.39, 0.29) is 17.0 Å². The number of fused-ring (bicyclic) bond motifs is 1. The zero-order valence-electron chi connectivity index (χ0n) is 14.0. The highest BCUT2D eigenvalue weighted by atomic mass is 28.3. The molecule has 1 aromatic rings. The van der Waals surface area contributed by atoms with Crippen LogP contribution in [0.1, 0.15) is 58.0 Å². The van der Waals surface area contributed by atoms with Gasteiger partial charge in [0, 0.05) is 0 Å². The molecule has 0 heterocycles. The van der Waals surface area contributed by atoms with E-state index in [4.69, 9.17) is 14.3 Å². The van der Waals surface area contributed by atoms with Crippen LogP contribution in [0.3, 0.4) is 0 Å². The number of aromatic carboxylic acids is 2. The molecule has 1 aromatic carbocycles. The maximum absolute atomic E-state index is 10.9. The van der Waals surface area contributed by atoms with E-state index in [9.17, 15) is 9.59 Å². The van der Waals surface area contributed by atoms with Crippen molar-refractivity contribution in [1.29, 1.82) is 0 Å². The van der Waals surface area contributed by atoms with Crippen molar-refractivity contribution in [1.82, 2.24) is 0 Å². The Morgan fingerprint density at radius 3 is 2.26 bits per heavy atom. The van der Waals surface area contributed by atoms with Crippen LogP contribution in [0.2, 0.25) is 19.1 Å². The topological polar surface area (TPSA) is 83.8 Å². The summed E-state index contributed by atoms with van der Waals surface area (Å²) in [5.74, 6) is -1.84. The number of carboxylic acids is 2. The maximum Gasteiger partial charge on any atom is 0.335 e. The van der Waals surface area contributed by atoms with Crippen molar-refractivity contribution >= 4 is 30.7 Å². The Bertz CT molecular complexity index is 572. The third-order valence-corrected chi connectivity index (χ3v) is 6.36. The zero-order chi connectivity index (χ0) is 17.6. The fraction of sp³-hybridized carbons (Fsp3) is 0.500. The summed E-state index contributed by atoms with van der Waals surface area (Å²) in [5.41, 5.74) is 1.82. The first-order valence-electron chi connectivity index (χ1n) is 7.61. The van der Waals surface area contributed by atoms with Gasteiger partial charge in [0.1, 0.15) is 0 Å². The fourth-order valence-corrected chi connectivity index (χ4v) is 4.18. The lowest BCUT2D eigenvalue weighted by Crippen LogP contribution is -2.23. The first kappa shape index (κ1) is 19.6. The van der Waals surface area contributed by atoms with Gasteiger partial charge >= 0.3 is 11.9 Å². The van der Waals surface area contributed by atoms with Gasteiger partial charge in [-0.3, -0.25) is 0 Å². The number of benzene rings is 1. The highest BCUT2D eigenvalue weighted by molar-refractivity contribution is 6.56. The normalized spacial score (nSPS) is 15.3. The summed E-state index contributed by atoms with van der Waals surface area (Å²) in [7, 11) is 0.363. The van der Waals surface area contributed by atoms with Crippen LogP contribution in [0.5, 0.6) is 0 Å². The van der Waals surface area contributed by atoms with Crippen LogP contribution < -0.4 is 0 Å². The van der Waals surface area contributed by atoms with Crippen molar-refractivity contribution in [2.24, 2.45) is 0 Å². The second-order valence-corrected chi connectivity index (χ2v) is 9.09. The van der Waals surface area contributed by atoms with Crippen LogP contribution >= 0.6 is 0 Å². The molecule has 1 atom stereocenters. The summed E-state index contributed by atoms with van der Waals surface area (Å²) in [4.78, 5) is 21.7. The SMILES string of the molecule is CC1Cc2c(C(=O)O)ccc(C(=O)O)c21.CCC[Si]O[Si](C)C. The molecule has 2 rings (SSSR count). The van der Waals surface area contributed by atoms with Crippen molar-refractivity contribution in [3.8, 4) is 0 Å². The molecule has 0 aliphatic heterocycles. The van der Waals surface area contributed by atoms with E-state index in [2.05, 4.69) is 20.0 Å². The van der Waals surface area contributed by atoms with Gasteiger partial charge in [-0.1, -0.05) is 20.3 Å². The molecule has 0 amide bonds. The molecule has 1 aliphatic carbocycles. The van der Waals surface area contributed by atoms with Gasteiger partial charge in [0.2, 0.25) is 9.76 Å². The molecule has 0 spiro atoms. The quantitative estimate of drug-likeness (QED) is 0.606. The lowest BCUT2D eigenvalue weighted by Gasteiger charge is -2.30. The maximum atomic E-state index is 10.9. The van der Waals surface area contributed by atoms with E-state index < -0.39 is 21.0 Å². The second kappa shape index (κ2) is 9.00. The van der Waals surface area contributed by atoms with Crippen LogP contribution in [0, 0.1) is 0 Å². The Balaban J connectivity index is 0.000000284. The van der Waals surface area contributed by atoms with Crippen LogP contribution in [-0.4, -0.2) is 41.0 Å².